The zero-order valence-electron chi connectivity index (χ0n) is 14.6. The average molecular weight is 331 g/mol. The van der Waals surface area contributed by atoms with Gasteiger partial charge in [-0.2, -0.15) is 0 Å². The molecular formula is C19H25NO4. The van der Waals surface area contributed by atoms with Gasteiger partial charge in [-0.05, 0) is 45.1 Å². The van der Waals surface area contributed by atoms with Crippen molar-refractivity contribution in [3.05, 3.63) is 35.9 Å². The summed E-state index contributed by atoms with van der Waals surface area (Å²) in [5, 5.41) is 0. The van der Waals surface area contributed by atoms with Crippen LogP contribution in [0.3, 0.4) is 0 Å². The number of nitrogens with zero attached hydrogens (tertiary/aromatic N) is 1. The summed E-state index contributed by atoms with van der Waals surface area (Å²) in [4.78, 5) is 26.6. The molecule has 1 aliphatic carbocycles. The van der Waals surface area contributed by atoms with Crippen LogP contribution in [0.2, 0.25) is 0 Å². The predicted octanol–water partition coefficient (Wildman–Crippen LogP) is 3.38. The van der Waals surface area contributed by atoms with Crippen molar-refractivity contribution in [2.45, 2.75) is 45.8 Å². The third-order valence-corrected chi connectivity index (χ3v) is 4.90. The highest BCUT2D eigenvalue weighted by Crippen LogP contribution is 2.53. The molecule has 130 valence electrons. The Labute approximate surface area is 142 Å². The molecule has 1 aromatic carbocycles. The van der Waals surface area contributed by atoms with E-state index in [9.17, 15) is 9.59 Å². The van der Waals surface area contributed by atoms with Gasteiger partial charge in [-0.15, -0.1) is 0 Å². The topological polar surface area (TPSA) is 55.8 Å². The molecule has 1 saturated carbocycles. The number of hydrogen-bond acceptors (Lipinski definition) is 4. The van der Waals surface area contributed by atoms with Gasteiger partial charge in [0.2, 0.25) is 0 Å². The van der Waals surface area contributed by atoms with E-state index in [0.29, 0.717) is 13.1 Å². The van der Waals surface area contributed by atoms with Crippen LogP contribution >= 0.6 is 0 Å². The fourth-order valence-electron chi connectivity index (χ4n) is 3.50. The maximum absolute atomic E-state index is 12.6. The van der Waals surface area contributed by atoms with Gasteiger partial charge in [-0.3, -0.25) is 4.79 Å². The maximum atomic E-state index is 12.6. The molecule has 0 radical (unpaired) electrons. The normalized spacial score (nSPS) is 25.6. The van der Waals surface area contributed by atoms with Gasteiger partial charge < -0.3 is 14.4 Å². The minimum Gasteiger partial charge on any atom is -0.459 e. The Morgan fingerprint density at radius 1 is 1.25 bits per heavy atom. The lowest BCUT2D eigenvalue weighted by Crippen LogP contribution is -2.49. The summed E-state index contributed by atoms with van der Waals surface area (Å²) in [7, 11) is 0. The molecule has 5 nitrogen and oxygen atoms in total. The Morgan fingerprint density at radius 2 is 1.96 bits per heavy atom. The third-order valence-electron chi connectivity index (χ3n) is 4.90. The summed E-state index contributed by atoms with van der Waals surface area (Å²) < 4.78 is 11.0. The Kier molecular flexibility index (Phi) is 4.28. The van der Waals surface area contributed by atoms with Gasteiger partial charge in [0, 0.05) is 13.1 Å². The van der Waals surface area contributed by atoms with Gasteiger partial charge in [0.25, 0.3) is 0 Å². The summed E-state index contributed by atoms with van der Waals surface area (Å²) in [6.07, 6.45) is 1.40. The van der Waals surface area contributed by atoms with E-state index in [2.05, 4.69) is 0 Å². The predicted molar refractivity (Wildman–Crippen MR) is 89.2 cm³/mol. The number of carbonyl (C=O) groups is 2. The minimum atomic E-state index is -0.529. The molecule has 1 aromatic rings. The standard InChI is InChI=1S/C19H25NO4/c1-18(2,3)24-16(21)19-10-9-15(19)11-20(13-19)17(22)23-12-14-7-5-4-6-8-14/h4-8,15H,9-13H2,1-3H3. The monoisotopic (exact) mass is 331 g/mol. The molecule has 1 saturated heterocycles. The molecule has 0 spiro atoms. The fourth-order valence-corrected chi connectivity index (χ4v) is 3.50. The number of benzene rings is 1. The molecule has 0 aromatic heterocycles. The van der Waals surface area contributed by atoms with Gasteiger partial charge >= 0.3 is 12.1 Å². The number of hydrogen-bond donors (Lipinski definition) is 0. The summed E-state index contributed by atoms with van der Waals surface area (Å²) in [5.41, 5.74) is -0.0819. The van der Waals surface area contributed by atoms with Crippen molar-refractivity contribution in [1.29, 1.82) is 0 Å². The van der Waals surface area contributed by atoms with Crippen LogP contribution in [0.15, 0.2) is 30.3 Å². The van der Waals surface area contributed by atoms with E-state index in [1.807, 2.05) is 51.1 Å². The molecule has 2 atom stereocenters. The first kappa shape index (κ1) is 16.8. The number of fused-ring (bicyclic) bond motifs is 1. The summed E-state index contributed by atoms with van der Waals surface area (Å²) in [6, 6.07) is 9.59. The molecule has 1 heterocycles. The number of likely N-dealkylation sites (tertiary alicyclic amines) is 1. The van der Waals surface area contributed by atoms with Crippen molar-refractivity contribution in [1.82, 2.24) is 4.90 Å². The molecule has 0 bridgehead atoms. The second-order valence-corrected chi connectivity index (χ2v) is 7.81. The maximum Gasteiger partial charge on any atom is 0.410 e. The van der Waals surface area contributed by atoms with Crippen molar-refractivity contribution in [3.63, 3.8) is 0 Å². The number of ether oxygens (including phenoxy) is 2. The lowest BCUT2D eigenvalue weighted by Gasteiger charge is -2.42. The Balaban J connectivity index is 1.59. The van der Waals surface area contributed by atoms with Crippen LogP contribution in [0.1, 0.15) is 39.2 Å². The first-order valence-corrected chi connectivity index (χ1v) is 8.49. The number of amides is 1. The van der Waals surface area contributed by atoms with Gasteiger partial charge in [0.15, 0.2) is 0 Å². The quantitative estimate of drug-likeness (QED) is 0.797. The average Bonchev–Trinajstić information content (AvgIpc) is 2.77. The van der Waals surface area contributed by atoms with Gasteiger partial charge in [-0.1, -0.05) is 30.3 Å². The lowest BCUT2D eigenvalue weighted by molar-refractivity contribution is -0.175. The van der Waals surface area contributed by atoms with Crippen LogP contribution in [0, 0.1) is 11.3 Å². The van der Waals surface area contributed by atoms with Gasteiger partial charge in [0.1, 0.15) is 12.2 Å². The molecule has 2 fully saturated rings. The number of carbonyl (C=O) groups excluding carboxylic acids is 2. The Bertz CT molecular complexity index is 622. The van der Waals surface area contributed by atoms with E-state index in [-0.39, 0.29) is 24.6 Å². The molecule has 5 heteroatoms. The van der Waals surface area contributed by atoms with E-state index >= 15 is 0 Å². The first-order chi connectivity index (χ1) is 11.3. The molecule has 2 aliphatic rings. The van der Waals surface area contributed by atoms with Crippen LogP contribution in [0.4, 0.5) is 4.79 Å². The van der Waals surface area contributed by atoms with Crippen molar-refractivity contribution in [2.24, 2.45) is 11.3 Å². The van der Waals surface area contributed by atoms with Crippen LogP contribution in [-0.2, 0) is 20.9 Å². The smallest absolute Gasteiger partial charge is 0.410 e. The van der Waals surface area contributed by atoms with Crippen LogP contribution in [-0.4, -0.2) is 35.7 Å². The Hall–Kier alpha value is -2.04. The van der Waals surface area contributed by atoms with Crippen LogP contribution in [0.25, 0.3) is 0 Å². The van der Waals surface area contributed by atoms with Crippen molar-refractivity contribution in [2.75, 3.05) is 13.1 Å². The molecule has 0 N–H and O–H groups in total. The van der Waals surface area contributed by atoms with Gasteiger partial charge in [0.05, 0.1) is 5.41 Å². The second-order valence-electron chi connectivity index (χ2n) is 7.81. The van der Waals surface area contributed by atoms with Crippen molar-refractivity contribution >= 4 is 12.1 Å². The zero-order valence-corrected chi connectivity index (χ0v) is 14.6. The highest BCUT2D eigenvalue weighted by Gasteiger charge is 2.60. The Morgan fingerprint density at radius 3 is 2.54 bits per heavy atom. The number of esters is 1. The molecule has 24 heavy (non-hydrogen) atoms. The summed E-state index contributed by atoms with van der Waals surface area (Å²) in [6.45, 7) is 6.84. The SMILES string of the molecule is CC(C)(C)OC(=O)C12CCC1CN(C(=O)OCc1ccccc1)C2. The first-order valence-electron chi connectivity index (χ1n) is 8.49. The molecule has 1 aliphatic heterocycles. The zero-order chi connectivity index (χ0) is 17.4. The van der Waals surface area contributed by atoms with Gasteiger partial charge in [-0.25, -0.2) is 4.79 Å². The lowest BCUT2D eigenvalue weighted by atomic mass is 9.62. The second kappa shape index (κ2) is 6.11. The largest absolute Gasteiger partial charge is 0.459 e. The van der Waals surface area contributed by atoms with E-state index < -0.39 is 11.0 Å². The van der Waals surface area contributed by atoms with Crippen LogP contribution in [0.5, 0.6) is 0 Å². The van der Waals surface area contributed by atoms with Crippen LogP contribution < -0.4 is 0 Å². The van der Waals surface area contributed by atoms with Crippen molar-refractivity contribution in [3.8, 4) is 0 Å². The van der Waals surface area contributed by atoms with E-state index in [0.717, 1.165) is 18.4 Å². The molecular weight excluding hydrogens is 306 g/mol. The minimum absolute atomic E-state index is 0.176. The van der Waals surface area contributed by atoms with E-state index in [1.165, 1.54) is 0 Å². The molecule has 1 amide bonds. The summed E-state index contributed by atoms with van der Waals surface area (Å²) in [5.74, 6) is 0.0150. The fraction of sp³-hybridized carbons (Fsp3) is 0.579. The highest BCUT2D eigenvalue weighted by molar-refractivity contribution is 5.81. The molecule has 2 unspecified atom stereocenters. The third kappa shape index (κ3) is 3.25. The van der Waals surface area contributed by atoms with Crippen molar-refractivity contribution < 1.29 is 19.1 Å². The highest BCUT2D eigenvalue weighted by atomic mass is 16.6. The molecule has 3 rings (SSSR count). The number of rotatable bonds is 3. The summed E-state index contributed by atoms with van der Waals surface area (Å²) >= 11 is 0. The van der Waals surface area contributed by atoms with E-state index in [1.54, 1.807) is 4.90 Å². The van der Waals surface area contributed by atoms with E-state index in [4.69, 9.17) is 9.47 Å².